The molecule has 2 aromatic heterocycles. The Kier molecular flexibility index (Phi) is 3.10. The van der Waals surface area contributed by atoms with Crippen LogP contribution in [-0.4, -0.2) is 37.8 Å². The maximum Gasteiger partial charge on any atom is 0.222 e. The number of halogens is 1. The zero-order chi connectivity index (χ0) is 14.4. The topological polar surface area (TPSA) is 50.5 Å². The van der Waals surface area contributed by atoms with Gasteiger partial charge < -0.3 is 4.90 Å². The summed E-state index contributed by atoms with van der Waals surface area (Å²) in [6, 6.07) is 0.444. The summed E-state index contributed by atoms with van der Waals surface area (Å²) in [4.78, 5) is 22.8. The number of imidazole rings is 1. The average molecular weight is 305 g/mol. The first-order valence-corrected chi connectivity index (χ1v) is 7.89. The van der Waals surface area contributed by atoms with Crippen LogP contribution in [0.15, 0.2) is 18.6 Å². The molecule has 2 fully saturated rings. The fourth-order valence-electron chi connectivity index (χ4n) is 3.69. The second-order valence-corrected chi connectivity index (χ2v) is 6.31. The Bertz CT molecular complexity index is 698. The van der Waals surface area contributed by atoms with E-state index in [4.69, 9.17) is 11.6 Å². The lowest BCUT2D eigenvalue weighted by Crippen LogP contribution is -2.48. The molecule has 2 aliphatic heterocycles. The van der Waals surface area contributed by atoms with E-state index in [1.165, 1.54) is 0 Å². The van der Waals surface area contributed by atoms with Crippen LogP contribution < -0.4 is 0 Å². The van der Waals surface area contributed by atoms with Gasteiger partial charge in [0, 0.05) is 37.3 Å². The second-order valence-electron chi connectivity index (χ2n) is 5.96. The quantitative estimate of drug-likeness (QED) is 0.814. The van der Waals surface area contributed by atoms with E-state index < -0.39 is 0 Å². The van der Waals surface area contributed by atoms with Crippen LogP contribution in [0.3, 0.4) is 0 Å². The van der Waals surface area contributed by atoms with E-state index in [1.54, 1.807) is 12.4 Å². The van der Waals surface area contributed by atoms with Crippen LogP contribution in [0.4, 0.5) is 0 Å². The fourth-order valence-corrected chi connectivity index (χ4v) is 3.89. The second kappa shape index (κ2) is 4.98. The van der Waals surface area contributed by atoms with Gasteiger partial charge in [0.2, 0.25) is 5.91 Å². The Morgan fingerprint density at radius 2 is 2.14 bits per heavy atom. The van der Waals surface area contributed by atoms with Crippen LogP contribution in [0, 0.1) is 0 Å². The van der Waals surface area contributed by atoms with Crippen LogP contribution >= 0.6 is 11.6 Å². The molecular formula is C15H17ClN4O. The molecule has 1 amide bonds. The number of carbonyl (C=O) groups is 1. The summed E-state index contributed by atoms with van der Waals surface area (Å²) < 4.78 is 2.01. The smallest absolute Gasteiger partial charge is 0.222 e. The lowest BCUT2D eigenvalue weighted by Gasteiger charge is -2.42. The molecule has 0 radical (unpaired) electrons. The van der Waals surface area contributed by atoms with E-state index in [9.17, 15) is 4.79 Å². The molecule has 2 saturated heterocycles. The molecule has 0 N–H and O–H groups in total. The lowest BCUT2D eigenvalue weighted by atomic mass is 9.87. The summed E-state index contributed by atoms with van der Waals surface area (Å²) in [5, 5.41) is 0.471. The van der Waals surface area contributed by atoms with Gasteiger partial charge in [0.05, 0.1) is 6.20 Å². The molecule has 2 atom stereocenters. The first-order chi connectivity index (χ1) is 10.2. The number of aromatic nitrogens is 3. The van der Waals surface area contributed by atoms with Crippen LogP contribution in [0.25, 0.3) is 5.52 Å². The Balaban J connectivity index is 1.67. The third-order valence-corrected chi connectivity index (χ3v) is 5.05. The highest BCUT2D eigenvalue weighted by molar-refractivity contribution is 6.32. The van der Waals surface area contributed by atoms with Crippen molar-refractivity contribution in [3.05, 3.63) is 29.6 Å². The molecule has 4 heterocycles. The number of fused-ring (bicyclic) bond motifs is 2. The van der Waals surface area contributed by atoms with Gasteiger partial charge >= 0.3 is 0 Å². The van der Waals surface area contributed by atoms with Crippen LogP contribution in [0.1, 0.15) is 43.8 Å². The average Bonchev–Trinajstić information content (AvgIpc) is 2.93. The maximum absolute atomic E-state index is 12.1. The largest absolute Gasteiger partial charge is 0.339 e. The van der Waals surface area contributed by atoms with E-state index in [2.05, 4.69) is 14.9 Å². The van der Waals surface area contributed by atoms with Crippen molar-refractivity contribution in [1.82, 2.24) is 19.3 Å². The van der Waals surface area contributed by atoms with E-state index in [0.717, 1.165) is 43.6 Å². The van der Waals surface area contributed by atoms with Gasteiger partial charge in [-0.05, 0) is 25.7 Å². The highest BCUT2D eigenvalue weighted by atomic mass is 35.5. The molecule has 0 unspecified atom stereocenters. The summed E-state index contributed by atoms with van der Waals surface area (Å²) in [6.45, 7) is 0.780. The highest BCUT2D eigenvalue weighted by Gasteiger charge is 2.35. The normalized spacial score (nSPS) is 26.1. The highest BCUT2D eigenvalue weighted by Crippen LogP contribution is 2.34. The van der Waals surface area contributed by atoms with Crippen LogP contribution in [0.5, 0.6) is 0 Å². The minimum atomic E-state index is 0.282. The predicted octanol–water partition coefficient (Wildman–Crippen LogP) is 2.64. The van der Waals surface area contributed by atoms with Gasteiger partial charge in [0.1, 0.15) is 11.3 Å². The summed E-state index contributed by atoms with van der Waals surface area (Å²) in [6.07, 6.45) is 10.4. The molecule has 2 aliphatic rings. The van der Waals surface area contributed by atoms with Crippen molar-refractivity contribution in [3.8, 4) is 0 Å². The molecule has 0 saturated carbocycles. The molecule has 6 heteroatoms. The summed E-state index contributed by atoms with van der Waals surface area (Å²) in [5.74, 6) is 1.58. The zero-order valence-corrected chi connectivity index (χ0v) is 12.5. The minimum Gasteiger partial charge on any atom is -0.339 e. The van der Waals surface area contributed by atoms with Gasteiger partial charge in [-0.25, -0.2) is 9.97 Å². The minimum absolute atomic E-state index is 0.282. The third kappa shape index (κ3) is 2.11. The number of amides is 1. The van der Waals surface area contributed by atoms with Gasteiger partial charge in [0.15, 0.2) is 5.15 Å². The zero-order valence-electron chi connectivity index (χ0n) is 11.7. The molecule has 21 heavy (non-hydrogen) atoms. The number of piperidine rings is 2. The molecule has 0 spiro atoms. The summed E-state index contributed by atoms with van der Waals surface area (Å²) >= 11 is 6.11. The van der Waals surface area contributed by atoms with Crippen molar-refractivity contribution in [2.45, 2.75) is 44.1 Å². The van der Waals surface area contributed by atoms with Gasteiger partial charge in [-0.2, -0.15) is 0 Å². The lowest BCUT2D eigenvalue weighted by molar-refractivity contribution is -0.138. The number of hydrogen-bond donors (Lipinski definition) is 0. The predicted molar refractivity (Wildman–Crippen MR) is 79.3 cm³/mol. The fraction of sp³-hybridized carbons (Fsp3) is 0.533. The van der Waals surface area contributed by atoms with Gasteiger partial charge in [0.25, 0.3) is 0 Å². The van der Waals surface area contributed by atoms with E-state index in [0.29, 0.717) is 23.5 Å². The van der Waals surface area contributed by atoms with E-state index >= 15 is 0 Å². The number of rotatable bonds is 1. The molecule has 110 valence electrons. The SMILES string of the molecule is O=C1CCC[C@H]2CC[C@H](c3ncc4c(Cl)nccn34)CN12. The number of hydrogen-bond acceptors (Lipinski definition) is 3. The standard InChI is InChI=1S/C15H17ClN4O/c16-14-12-8-18-15(19(12)7-6-17-14)10-4-5-11-2-1-3-13(21)20(11)9-10/h6-8,10-11H,1-5,9H2/t10-,11-/m0/s1. The molecule has 4 rings (SSSR count). The monoisotopic (exact) mass is 304 g/mol. The summed E-state index contributed by atoms with van der Waals surface area (Å²) in [5.41, 5.74) is 0.835. The van der Waals surface area contributed by atoms with Crippen LogP contribution in [0.2, 0.25) is 5.15 Å². The van der Waals surface area contributed by atoms with Crippen molar-refractivity contribution in [2.24, 2.45) is 0 Å². The van der Waals surface area contributed by atoms with Crippen molar-refractivity contribution in [2.75, 3.05) is 6.54 Å². The Labute approximate surface area is 127 Å². The van der Waals surface area contributed by atoms with Gasteiger partial charge in [-0.15, -0.1) is 0 Å². The molecular weight excluding hydrogens is 288 g/mol. The molecule has 5 nitrogen and oxygen atoms in total. The number of carbonyl (C=O) groups excluding carboxylic acids is 1. The van der Waals surface area contributed by atoms with Gasteiger partial charge in [-0.3, -0.25) is 9.20 Å². The molecule has 0 bridgehead atoms. The first-order valence-electron chi connectivity index (χ1n) is 7.51. The van der Waals surface area contributed by atoms with Crippen molar-refractivity contribution in [3.63, 3.8) is 0 Å². The molecule has 0 aromatic carbocycles. The first kappa shape index (κ1) is 13.1. The van der Waals surface area contributed by atoms with Crippen molar-refractivity contribution < 1.29 is 4.79 Å². The number of nitrogens with zero attached hydrogens (tertiary/aromatic N) is 4. The summed E-state index contributed by atoms with van der Waals surface area (Å²) in [7, 11) is 0. The van der Waals surface area contributed by atoms with E-state index in [-0.39, 0.29) is 5.92 Å². The third-order valence-electron chi connectivity index (χ3n) is 4.76. The Morgan fingerprint density at radius 3 is 3.05 bits per heavy atom. The van der Waals surface area contributed by atoms with Crippen molar-refractivity contribution in [1.29, 1.82) is 0 Å². The maximum atomic E-state index is 12.1. The van der Waals surface area contributed by atoms with E-state index in [1.807, 2.05) is 10.6 Å². The van der Waals surface area contributed by atoms with Gasteiger partial charge in [-0.1, -0.05) is 11.6 Å². The Hall–Kier alpha value is -1.62. The van der Waals surface area contributed by atoms with Crippen molar-refractivity contribution >= 4 is 23.0 Å². The molecule has 2 aromatic rings. The molecule has 0 aliphatic carbocycles. The Morgan fingerprint density at radius 1 is 1.24 bits per heavy atom. The van der Waals surface area contributed by atoms with Crippen LogP contribution in [-0.2, 0) is 4.79 Å².